The highest BCUT2D eigenvalue weighted by molar-refractivity contribution is 5.73. The summed E-state index contributed by atoms with van der Waals surface area (Å²) in [5, 5.41) is 15.4. The van der Waals surface area contributed by atoms with Crippen LogP contribution in [0.5, 0.6) is 0 Å². The first-order chi connectivity index (χ1) is 10.4. The van der Waals surface area contributed by atoms with E-state index in [4.69, 9.17) is 4.74 Å². The molecule has 6 heteroatoms. The molecule has 5 nitrogen and oxygen atoms in total. The van der Waals surface area contributed by atoms with Crippen LogP contribution in [0, 0.1) is 5.82 Å². The average molecular weight is 312 g/mol. The Bertz CT molecular complexity index is 461. The summed E-state index contributed by atoms with van der Waals surface area (Å²) < 4.78 is 18.2. The lowest BCUT2D eigenvalue weighted by Crippen LogP contribution is -2.46. The number of rotatable bonds is 8. The third-order valence-electron chi connectivity index (χ3n) is 3.87. The predicted octanol–water partition coefficient (Wildman–Crippen LogP) is 2.36. The third kappa shape index (κ3) is 5.61. The summed E-state index contributed by atoms with van der Waals surface area (Å²) in [5.74, 6) is -0.317. The molecule has 0 aliphatic carbocycles. The molecule has 1 aromatic carbocycles. The number of halogens is 1. The van der Waals surface area contributed by atoms with E-state index in [2.05, 4.69) is 10.6 Å². The van der Waals surface area contributed by atoms with Crippen LogP contribution in [0.15, 0.2) is 24.3 Å². The first-order valence-electron chi connectivity index (χ1n) is 7.46. The van der Waals surface area contributed by atoms with E-state index < -0.39 is 5.60 Å². The Balaban J connectivity index is 2.46. The Hall–Kier alpha value is -1.66. The second kappa shape index (κ2) is 8.70. The van der Waals surface area contributed by atoms with Crippen LogP contribution in [0.2, 0.25) is 0 Å². The fourth-order valence-electron chi connectivity index (χ4n) is 2.01. The molecule has 1 unspecified atom stereocenters. The molecule has 1 atom stereocenters. The molecule has 124 valence electrons. The summed E-state index contributed by atoms with van der Waals surface area (Å²) >= 11 is 0. The molecule has 1 rings (SSSR count). The fraction of sp³-hybridized carbons (Fsp3) is 0.562. The number of ether oxygens (including phenoxy) is 1. The summed E-state index contributed by atoms with van der Waals surface area (Å²) in [4.78, 5) is 11.8. The molecular formula is C16H25FN2O3. The summed E-state index contributed by atoms with van der Waals surface area (Å²) in [6.07, 6.45) is 0.780. The molecule has 2 amide bonds. The highest BCUT2D eigenvalue weighted by atomic mass is 19.1. The van der Waals surface area contributed by atoms with E-state index in [1.807, 2.05) is 13.8 Å². The maximum atomic E-state index is 12.9. The van der Waals surface area contributed by atoms with Gasteiger partial charge in [0, 0.05) is 20.2 Å². The number of aliphatic hydroxyl groups is 1. The molecule has 0 spiro atoms. The van der Waals surface area contributed by atoms with Gasteiger partial charge in [-0.05, 0) is 30.5 Å². The van der Waals surface area contributed by atoms with Gasteiger partial charge >= 0.3 is 6.03 Å². The van der Waals surface area contributed by atoms with Crippen molar-refractivity contribution in [1.82, 2.24) is 10.6 Å². The molecule has 0 fully saturated rings. The first kappa shape index (κ1) is 18.4. The Morgan fingerprint density at radius 1 is 1.27 bits per heavy atom. The van der Waals surface area contributed by atoms with Crippen molar-refractivity contribution in [3.63, 3.8) is 0 Å². The number of nitrogens with one attached hydrogen (secondary N) is 2. The minimum Gasteiger partial charge on any atom is -0.388 e. The summed E-state index contributed by atoms with van der Waals surface area (Å²) in [6, 6.07) is 5.57. The van der Waals surface area contributed by atoms with Gasteiger partial charge < -0.3 is 20.5 Å². The molecule has 0 radical (unpaired) electrons. The van der Waals surface area contributed by atoms with Crippen molar-refractivity contribution < 1.29 is 19.0 Å². The second-order valence-electron chi connectivity index (χ2n) is 5.27. The molecular weight excluding hydrogens is 287 g/mol. The Morgan fingerprint density at radius 3 is 2.36 bits per heavy atom. The van der Waals surface area contributed by atoms with Crippen LogP contribution in [-0.2, 0) is 4.74 Å². The van der Waals surface area contributed by atoms with Crippen molar-refractivity contribution >= 4 is 6.03 Å². The van der Waals surface area contributed by atoms with Crippen LogP contribution in [-0.4, -0.2) is 36.9 Å². The van der Waals surface area contributed by atoms with Gasteiger partial charge in [-0.1, -0.05) is 26.0 Å². The molecule has 0 bridgehead atoms. The largest absolute Gasteiger partial charge is 0.388 e. The molecule has 0 aliphatic heterocycles. The van der Waals surface area contributed by atoms with E-state index in [-0.39, 0.29) is 31.0 Å². The zero-order chi connectivity index (χ0) is 16.6. The number of benzene rings is 1. The second-order valence-corrected chi connectivity index (χ2v) is 5.27. The quantitative estimate of drug-likeness (QED) is 0.690. The lowest BCUT2D eigenvalue weighted by molar-refractivity contribution is 0.0347. The molecule has 0 aromatic heterocycles. The van der Waals surface area contributed by atoms with Crippen LogP contribution in [0.4, 0.5) is 9.18 Å². The fourth-order valence-corrected chi connectivity index (χ4v) is 2.01. The number of amides is 2. The van der Waals surface area contributed by atoms with E-state index in [9.17, 15) is 14.3 Å². The van der Waals surface area contributed by atoms with Crippen molar-refractivity contribution in [2.24, 2.45) is 0 Å². The van der Waals surface area contributed by atoms with Gasteiger partial charge in [-0.25, -0.2) is 9.18 Å². The Kier molecular flexibility index (Phi) is 7.27. The van der Waals surface area contributed by atoms with E-state index in [1.165, 1.54) is 19.2 Å². The monoisotopic (exact) mass is 312 g/mol. The number of carbonyl (C=O) groups excluding carboxylic acids is 1. The van der Waals surface area contributed by atoms with Crippen molar-refractivity contribution in [2.45, 2.75) is 38.4 Å². The SMILES string of the molecule is CCC(O)(CC)CNC(=O)NCC(OC)c1ccc(F)cc1. The maximum absolute atomic E-state index is 12.9. The van der Waals surface area contributed by atoms with Crippen LogP contribution >= 0.6 is 0 Å². The molecule has 0 aliphatic rings. The van der Waals surface area contributed by atoms with Crippen molar-refractivity contribution in [2.75, 3.05) is 20.2 Å². The third-order valence-corrected chi connectivity index (χ3v) is 3.87. The topological polar surface area (TPSA) is 70.6 Å². The number of urea groups is 1. The van der Waals surface area contributed by atoms with E-state index in [0.717, 1.165) is 5.56 Å². The molecule has 0 heterocycles. The minimum absolute atomic E-state index is 0.194. The molecule has 0 saturated heterocycles. The van der Waals surface area contributed by atoms with Gasteiger partial charge in [0.15, 0.2) is 0 Å². The Morgan fingerprint density at radius 2 is 1.86 bits per heavy atom. The van der Waals surface area contributed by atoms with Gasteiger partial charge in [0.1, 0.15) is 5.82 Å². The van der Waals surface area contributed by atoms with Crippen molar-refractivity contribution in [1.29, 1.82) is 0 Å². The van der Waals surface area contributed by atoms with Gasteiger partial charge in [0.05, 0.1) is 11.7 Å². The normalized spacial score (nSPS) is 12.8. The number of methoxy groups -OCH3 is 1. The zero-order valence-electron chi connectivity index (χ0n) is 13.4. The zero-order valence-corrected chi connectivity index (χ0v) is 13.4. The van der Waals surface area contributed by atoms with Crippen LogP contribution < -0.4 is 10.6 Å². The molecule has 0 saturated carbocycles. The smallest absolute Gasteiger partial charge is 0.314 e. The number of hydrogen-bond acceptors (Lipinski definition) is 3. The number of hydrogen-bond donors (Lipinski definition) is 3. The molecule has 1 aromatic rings. The van der Waals surface area contributed by atoms with Gasteiger partial charge in [-0.2, -0.15) is 0 Å². The van der Waals surface area contributed by atoms with Crippen molar-refractivity contribution in [3.8, 4) is 0 Å². The van der Waals surface area contributed by atoms with E-state index in [0.29, 0.717) is 12.8 Å². The highest BCUT2D eigenvalue weighted by Gasteiger charge is 2.22. The average Bonchev–Trinajstić information content (AvgIpc) is 2.54. The first-order valence-corrected chi connectivity index (χ1v) is 7.46. The van der Waals surface area contributed by atoms with Gasteiger partial charge in [0.25, 0.3) is 0 Å². The Labute approximate surface area is 130 Å². The van der Waals surface area contributed by atoms with E-state index in [1.54, 1.807) is 12.1 Å². The number of carbonyl (C=O) groups is 1. The molecule has 22 heavy (non-hydrogen) atoms. The predicted molar refractivity (Wildman–Crippen MR) is 83.1 cm³/mol. The van der Waals surface area contributed by atoms with Gasteiger partial charge in [0.2, 0.25) is 0 Å². The van der Waals surface area contributed by atoms with Crippen LogP contribution in [0.3, 0.4) is 0 Å². The summed E-state index contributed by atoms with van der Waals surface area (Å²) in [7, 11) is 1.53. The molecule has 3 N–H and O–H groups in total. The lowest BCUT2D eigenvalue weighted by Gasteiger charge is -2.25. The maximum Gasteiger partial charge on any atom is 0.314 e. The van der Waals surface area contributed by atoms with E-state index >= 15 is 0 Å². The van der Waals surface area contributed by atoms with Gasteiger partial charge in [-0.3, -0.25) is 0 Å². The van der Waals surface area contributed by atoms with Crippen molar-refractivity contribution in [3.05, 3.63) is 35.6 Å². The van der Waals surface area contributed by atoms with Crippen LogP contribution in [0.1, 0.15) is 38.4 Å². The highest BCUT2D eigenvalue weighted by Crippen LogP contribution is 2.16. The lowest BCUT2D eigenvalue weighted by atomic mass is 9.98. The minimum atomic E-state index is -0.880. The van der Waals surface area contributed by atoms with Gasteiger partial charge in [-0.15, -0.1) is 0 Å². The standard InChI is InChI=1S/C16H25FN2O3/c1-4-16(21,5-2)11-19-15(20)18-10-14(22-3)12-6-8-13(17)9-7-12/h6-9,14,21H,4-5,10-11H2,1-3H3,(H2,18,19,20). The summed E-state index contributed by atoms with van der Waals surface area (Å²) in [5.41, 5.74) is -0.0996. The van der Waals surface area contributed by atoms with Crippen LogP contribution in [0.25, 0.3) is 0 Å². The summed E-state index contributed by atoms with van der Waals surface area (Å²) in [6.45, 7) is 4.20.